The van der Waals surface area contributed by atoms with Gasteiger partial charge in [0.2, 0.25) is 5.84 Å². The first-order chi connectivity index (χ1) is 15.0. The molecule has 1 atom stereocenters. The van der Waals surface area contributed by atoms with Crippen LogP contribution in [-0.2, 0) is 16.1 Å². The maximum atomic E-state index is 13.4. The first-order valence-electron chi connectivity index (χ1n) is 10.3. The van der Waals surface area contributed by atoms with E-state index in [-0.39, 0.29) is 29.6 Å². The summed E-state index contributed by atoms with van der Waals surface area (Å²) >= 11 is 0. The van der Waals surface area contributed by atoms with Crippen LogP contribution in [0.25, 0.3) is 0 Å². The molecule has 0 radical (unpaired) electrons. The van der Waals surface area contributed by atoms with Crippen LogP contribution in [0.15, 0.2) is 59.6 Å². The molecule has 1 fully saturated rings. The molecule has 1 saturated carbocycles. The Bertz CT molecular complexity index is 1020. The quantitative estimate of drug-likeness (QED) is 0.748. The summed E-state index contributed by atoms with van der Waals surface area (Å²) in [6, 6.07) is 15.8. The number of benzene rings is 2. The van der Waals surface area contributed by atoms with Crippen LogP contribution in [0.1, 0.15) is 35.7 Å². The third-order valence-corrected chi connectivity index (χ3v) is 5.38. The van der Waals surface area contributed by atoms with E-state index in [9.17, 15) is 14.4 Å². The van der Waals surface area contributed by atoms with Gasteiger partial charge >= 0.3 is 0 Å². The summed E-state index contributed by atoms with van der Waals surface area (Å²) in [5.41, 5.74) is 5.07. The van der Waals surface area contributed by atoms with Gasteiger partial charge in [0.15, 0.2) is 0 Å². The van der Waals surface area contributed by atoms with Crippen molar-refractivity contribution in [2.24, 2.45) is 4.99 Å². The lowest BCUT2D eigenvalue weighted by atomic mass is 10.1. The Morgan fingerprint density at radius 1 is 1.13 bits per heavy atom. The molecule has 0 spiro atoms. The first-order valence-corrected chi connectivity index (χ1v) is 10.3. The van der Waals surface area contributed by atoms with Gasteiger partial charge in [-0.1, -0.05) is 30.3 Å². The highest BCUT2D eigenvalue weighted by molar-refractivity contribution is 6.39. The molecule has 31 heavy (non-hydrogen) atoms. The van der Waals surface area contributed by atoms with Crippen molar-refractivity contribution in [2.45, 2.75) is 38.4 Å². The van der Waals surface area contributed by atoms with E-state index in [4.69, 9.17) is 0 Å². The number of amidine groups is 1. The van der Waals surface area contributed by atoms with Gasteiger partial charge in [0.1, 0.15) is 6.04 Å². The van der Waals surface area contributed by atoms with Gasteiger partial charge in [0.05, 0.1) is 5.69 Å². The third kappa shape index (κ3) is 4.42. The highest BCUT2D eigenvalue weighted by atomic mass is 16.2. The molecular formula is C23H25N5O3. The van der Waals surface area contributed by atoms with Gasteiger partial charge in [-0.2, -0.15) is 0 Å². The van der Waals surface area contributed by atoms with Crippen LogP contribution in [-0.4, -0.2) is 47.6 Å². The fourth-order valence-corrected chi connectivity index (χ4v) is 3.49. The Hall–Kier alpha value is -3.68. The summed E-state index contributed by atoms with van der Waals surface area (Å²) in [5.74, 6) is -0.449. The SMILES string of the molecule is CNC(=O)c1ccc(CN(C(=O)C2=NC(C)C(=O)N(c3ccccc3)N2)C2CC2)cc1. The van der Waals surface area contributed by atoms with Crippen LogP contribution in [0.4, 0.5) is 5.69 Å². The highest BCUT2D eigenvalue weighted by Gasteiger charge is 2.38. The van der Waals surface area contributed by atoms with Crippen molar-refractivity contribution in [3.8, 4) is 0 Å². The molecule has 1 unspecified atom stereocenters. The fraction of sp³-hybridized carbons (Fsp3) is 0.304. The van der Waals surface area contributed by atoms with Crippen LogP contribution in [0.3, 0.4) is 0 Å². The van der Waals surface area contributed by atoms with Gasteiger partial charge in [-0.3, -0.25) is 19.8 Å². The average molecular weight is 419 g/mol. The molecule has 2 aromatic rings. The van der Waals surface area contributed by atoms with Gasteiger partial charge < -0.3 is 10.2 Å². The Balaban J connectivity index is 1.53. The maximum Gasteiger partial charge on any atom is 0.291 e. The molecule has 1 aliphatic carbocycles. The largest absolute Gasteiger partial charge is 0.355 e. The third-order valence-electron chi connectivity index (χ3n) is 5.38. The minimum Gasteiger partial charge on any atom is -0.355 e. The zero-order chi connectivity index (χ0) is 22.0. The van der Waals surface area contributed by atoms with Crippen molar-refractivity contribution < 1.29 is 14.4 Å². The molecular weight excluding hydrogens is 394 g/mol. The minimum atomic E-state index is -0.659. The van der Waals surface area contributed by atoms with Crippen LogP contribution in [0.5, 0.6) is 0 Å². The smallest absolute Gasteiger partial charge is 0.291 e. The van der Waals surface area contributed by atoms with Crippen molar-refractivity contribution in [3.63, 3.8) is 0 Å². The molecule has 160 valence electrons. The molecule has 0 saturated heterocycles. The molecule has 2 aromatic carbocycles. The van der Waals surface area contributed by atoms with E-state index in [1.54, 1.807) is 43.1 Å². The zero-order valence-corrected chi connectivity index (χ0v) is 17.5. The second kappa shape index (κ2) is 8.59. The van der Waals surface area contributed by atoms with Gasteiger partial charge in [-0.05, 0) is 49.6 Å². The fourth-order valence-electron chi connectivity index (χ4n) is 3.49. The van der Waals surface area contributed by atoms with Gasteiger partial charge in [0.25, 0.3) is 17.7 Å². The first kappa shape index (κ1) is 20.6. The zero-order valence-electron chi connectivity index (χ0n) is 17.5. The van der Waals surface area contributed by atoms with Crippen molar-refractivity contribution in [1.29, 1.82) is 0 Å². The number of carbonyl (C=O) groups excluding carboxylic acids is 3. The van der Waals surface area contributed by atoms with E-state index in [1.807, 2.05) is 30.3 Å². The molecule has 1 aliphatic heterocycles. The van der Waals surface area contributed by atoms with Gasteiger partial charge in [-0.25, -0.2) is 10.0 Å². The van der Waals surface area contributed by atoms with Crippen molar-refractivity contribution >= 4 is 29.2 Å². The molecule has 8 nitrogen and oxygen atoms in total. The summed E-state index contributed by atoms with van der Waals surface area (Å²) < 4.78 is 0. The monoisotopic (exact) mass is 419 g/mol. The van der Waals surface area contributed by atoms with Crippen molar-refractivity contribution in [2.75, 3.05) is 12.1 Å². The second-order valence-electron chi connectivity index (χ2n) is 7.71. The summed E-state index contributed by atoms with van der Waals surface area (Å²) in [4.78, 5) is 43.8. The standard InChI is InChI=1S/C23H25N5O3/c1-15-22(30)28(19-6-4-3-5-7-19)26-20(25-15)23(31)27(18-12-13-18)14-16-8-10-17(11-9-16)21(29)24-2/h3-11,15,18H,12-14H2,1-2H3,(H,24,29)(H,25,26). The topological polar surface area (TPSA) is 94.1 Å². The summed E-state index contributed by atoms with van der Waals surface area (Å²) in [6.07, 6.45) is 1.87. The number of amides is 3. The van der Waals surface area contributed by atoms with E-state index in [0.717, 1.165) is 18.4 Å². The number of hydrazine groups is 1. The average Bonchev–Trinajstić information content (AvgIpc) is 3.64. The Morgan fingerprint density at radius 2 is 1.81 bits per heavy atom. The summed E-state index contributed by atoms with van der Waals surface area (Å²) in [5, 5.41) is 3.98. The number of hydrogen-bond acceptors (Lipinski definition) is 5. The summed E-state index contributed by atoms with van der Waals surface area (Å²) in [7, 11) is 1.59. The maximum absolute atomic E-state index is 13.4. The molecule has 4 rings (SSSR count). The lowest BCUT2D eigenvalue weighted by molar-refractivity contribution is -0.125. The van der Waals surface area contributed by atoms with Crippen LogP contribution >= 0.6 is 0 Å². The van der Waals surface area contributed by atoms with Gasteiger partial charge in [-0.15, -0.1) is 0 Å². The van der Waals surface area contributed by atoms with Crippen molar-refractivity contribution in [3.05, 3.63) is 65.7 Å². The summed E-state index contributed by atoms with van der Waals surface area (Å²) in [6.45, 7) is 2.09. The molecule has 1 heterocycles. The van der Waals surface area contributed by atoms with E-state index in [1.165, 1.54) is 5.01 Å². The Kier molecular flexibility index (Phi) is 5.70. The number of carbonyl (C=O) groups is 3. The Morgan fingerprint density at radius 3 is 2.42 bits per heavy atom. The second-order valence-corrected chi connectivity index (χ2v) is 7.71. The van der Waals surface area contributed by atoms with E-state index in [0.29, 0.717) is 17.8 Å². The predicted octanol–water partition coefficient (Wildman–Crippen LogP) is 1.88. The Labute approximate surface area is 180 Å². The predicted molar refractivity (Wildman–Crippen MR) is 117 cm³/mol. The number of aliphatic imine (C=N–C) groups is 1. The lowest BCUT2D eigenvalue weighted by Gasteiger charge is -2.32. The van der Waals surface area contributed by atoms with E-state index >= 15 is 0 Å². The number of nitrogens with one attached hydrogen (secondary N) is 2. The molecule has 8 heteroatoms. The van der Waals surface area contributed by atoms with Gasteiger partial charge in [0, 0.05) is 25.2 Å². The number of nitrogens with zero attached hydrogens (tertiary/aromatic N) is 3. The van der Waals surface area contributed by atoms with Crippen molar-refractivity contribution in [1.82, 2.24) is 15.6 Å². The minimum absolute atomic E-state index is 0.147. The number of rotatable bonds is 6. The van der Waals surface area contributed by atoms with Crippen LogP contribution < -0.4 is 15.8 Å². The van der Waals surface area contributed by atoms with Crippen LogP contribution in [0.2, 0.25) is 0 Å². The van der Waals surface area contributed by atoms with E-state index < -0.39 is 6.04 Å². The molecule has 2 aliphatic rings. The number of hydrogen-bond donors (Lipinski definition) is 2. The molecule has 0 bridgehead atoms. The van der Waals surface area contributed by atoms with Crippen LogP contribution in [0, 0.1) is 0 Å². The normalized spacial score (nSPS) is 18.1. The number of anilines is 1. The van der Waals surface area contributed by atoms with E-state index in [2.05, 4.69) is 15.7 Å². The molecule has 2 N–H and O–H groups in total. The lowest BCUT2D eigenvalue weighted by Crippen LogP contribution is -2.58. The molecule has 0 aromatic heterocycles. The number of para-hydroxylation sites is 1. The highest BCUT2D eigenvalue weighted by Crippen LogP contribution is 2.29. The molecule has 3 amide bonds.